The summed E-state index contributed by atoms with van der Waals surface area (Å²) in [6, 6.07) is 7.62. The first-order valence-electron chi connectivity index (χ1n) is 5.63. The number of nitrogens with zero attached hydrogens (tertiary/aromatic N) is 3. The Morgan fingerprint density at radius 1 is 1.37 bits per heavy atom. The van der Waals surface area contributed by atoms with Crippen molar-refractivity contribution in [2.75, 3.05) is 5.12 Å². The maximum Gasteiger partial charge on any atom is 0.343 e. The first kappa shape index (κ1) is 13.1. The second kappa shape index (κ2) is 5.51. The van der Waals surface area contributed by atoms with E-state index in [9.17, 15) is 13.7 Å². The van der Waals surface area contributed by atoms with Crippen molar-refractivity contribution >= 4 is 11.7 Å². The van der Waals surface area contributed by atoms with Crippen LogP contribution in [0.3, 0.4) is 0 Å². The molecule has 1 amide bonds. The summed E-state index contributed by atoms with van der Waals surface area (Å²) in [5.74, 6) is -1.17. The Balaban J connectivity index is 2.30. The number of anilines is 1. The van der Waals surface area contributed by atoms with Gasteiger partial charge in [0.1, 0.15) is 6.54 Å². The first-order valence-corrected chi connectivity index (χ1v) is 5.63. The van der Waals surface area contributed by atoms with Crippen LogP contribution in [-0.2, 0) is 11.3 Å². The van der Waals surface area contributed by atoms with E-state index in [2.05, 4.69) is 4.98 Å². The van der Waals surface area contributed by atoms with Crippen LogP contribution in [0.2, 0.25) is 0 Å². The summed E-state index contributed by atoms with van der Waals surface area (Å²) in [5.41, 5.74) is 0.704. The molecule has 2 rings (SSSR count). The van der Waals surface area contributed by atoms with Crippen LogP contribution in [0, 0.1) is 5.95 Å². The average Bonchev–Trinajstić information content (AvgIpc) is 2.41. The molecule has 0 aromatic carbocycles. The number of hydrogen-bond donors (Lipinski definition) is 0. The normalized spacial score (nSPS) is 10.3. The highest BCUT2D eigenvalue weighted by Gasteiger charge is 2.24. The van der Waals surface area contributed by atoms with Crippen molar-refractivity contribution in [1.29, 1.82) is 0 Å². The summed E-state index contributed by atoms with van der Waals surface area (Å²) in [5, 5.41) is 0.0664. The van der Waals surface area contributed by atoms with Crippen LogP contribution in [0.1, 0.15) is 12.5 Å². The summed E-state index contributed by atoms with van der Waals surface area (Å²) in [7, 11) is 0. The van der Waals surface area contributed by atoms with Gasteiger partial charge in [-0.2, -0.15) is 4.39 Å². The SMILES string of the molecule is CC(=O)N(F)c1cccc[n+]1Cc1ccc(F)nc1. The Morgan fingerprint density at radius 2 is 2.16 bits per heavy atom. The maximum atomic E-state index is 13.7. The molecular weight excluding hydrogens is 252 g/mol. The lowest BCUT2D eigenvalue weighted by molar-refractivity contribution is -0.676. The smallest absolute Gasteiger partial charge is 0.244 e. The third kappa shape index (κ3) is 3.09. The Kier molecular flexibility index (Phi) is 3.79. The van der Waals surface area contributed by atoms with Gasteiger partial charge >= 0.3 is 11.7 Å². The molecule has 19 heavy (non-hydrogen) atoms. The van der Waals surface area contributed by atoms with E-state index in [1.807, 2.05) is 0 Å². The average molecular weight is 264 g/mol. The second-order valence-corrected chi connectivity index (χ2v) is 3.98. The Labute approximate surface area is 108 Å². The number of amides is 1. The van der Waals surface area contributed by atoms with E-state index in [0.717, 1.165) is 6.92 Å². The lowest BCUT2D eigenvalue weighted by Crippen LogP contribution is -2.41. The van der Waals surface area contributed by atoms with E-state index in [4.69, 9.17) is 0 Å². The van der Waals surface area contributed by atoms with Crippen LogP contribution in [-0.4, -0.2) is 10.9 Å². The van der Waals surface area contributed by atoms with E-state index in [0.29, 0.717) is 5.56 Å². The molecule has 0 radical (unpaired) electrons. The van der Waals surface area contributed by atoms with E-state index >= 15 is 0 Å². The third-order valence-electron chi connectivity index (χ3n) is 2.54. The molecule has 0 aliphatic rings. The molecule has 0 aliphatic carbocycles. The van der Waals surface area contributed by atoms with Gasteiger partial charge in [-0.25, -0.2) is 14.3 Å². The molecular formula is C13H12F2N3O+. The number of hydrogen-bond acceptors (Lipinski definition) is 2. The van der Waals surface area contributed by atoms with E-state index in [-0.39, 0.29) is 17.5 Å². The van der Waals surface area contributed by atoms with Crippen LogP contribution in [0.15, 0.2) is 42.7 Å². The molecule has 0 unspecified atom stereocenters. The fourth-order valence-corrected chi connectivity index (χ4v) is 1.64. The minimum Gasteiger partial charge on any atom is -0.244 e. The van der Waals surface area contributed by atoms with Gasteiger partial charge in [0.2, 0.25) is 5.95 Å². The summed E-state index contributed by atoms with van der Waals surface area (Å²) in [6.45, 7) is 1.42. The van der Waals surface area contributed by atoms with Crippen molar-refractivity contribution < 1.29 is 18.2 Å². The van der Waals surface area contributed by atoms with Gasteiger partial charge in [0.15, 0.2) is 0 Å². The molecule has 2 aromatic heterocycles. The van der Waals surface area contributed by atoms with Gasteiger partial charge in [-0.1, -0.05) is 6.07 Å². The van der Waals surface area contributed by atoms with Gasteiger partial charge in [-0.3, -0.25) is 0 Å². The predicted octanol–water partition coefficient (Wildman–Crippen LogP) is 1.79. The minimum atomic E-state index is -0.711. The zero-order chi connectivity index (χ0) is 13.8. The highest BCUT2D eigenvalue weighted by Crippen LogP contribution is 2.09. The molecule has 0 atom stereocenters. The van der Waals surface area contributed by atoms with Crippen LogP contribution < -0.4 is 9.69 Å². The second-order valence-electron chi connectivity index (χ2n) is 3.98. The molecule has 6 heteroatoms. The Bertz CT molecular complexity index is 587. The number of carbonyl (C=O) groups is 1. The highest BCUT2D eigenvalue weighted by molar-refractivity contribution is 5.87. The minimum absolute atomic E-state index is 0.0664. The number of rotatable bonds is 3. The molecule has 0 fully saturated rings. The van der Waals surface area contributed by atoms with Crippen molar-refractivity contribution in [2.45, 2.75) is 13.5 Å². The van der Waals surface area contributed by atoms with E-state index in [1.165, 1.54) is 22.9 Å². The lowest BCUT2D eigenvalue weighted by atomic mass is 10.2. The molecule has 4 nitrogen and oxygen atoms in total. The molecule has 0 spiro atoms. The predicted molar refractivity (Wildman–Crippen MR) is 64.2 cm³/mol. The van der Waals surface area contributed by atoms with Crippen LogP contribution >= 0.6 is 0 Å². The summed E-state index contributed by atoms with van der Waals surface area (Å²) in [6.07, 6.45) is 3.00. The summed E-state index contributed by atoms with van der Waals surface area (Å²) in [4.78, 5) is 14.6. The van der Waals surface area contributed by atoms with Gasteiger partial charge < -0.3 is 0 Å². The van der Waals surface area contributed by atoms with Crippen molar-refractivity contribution in [3.63, 3.8) is 0 Å². The Hall–Kier alpha value is -2.37. The van der Waals surface area contributed by atoms with Gasteiger partial charge in [0.05, 0.1) is 6.20 Å². The molecule has 0 saturated heterocycles. The van der Waals surface area contributed by atoms with Crippen LogP contribution in [0.5, 0.6) is 0 Å². The molecule has 2 aromatic rings. The highest BCUT2D eigenvalue weighted by atomic mass is 19.2. The molecule has 0 aliphatic heterocycles. The molecule has 0 bridgehead atoms. The maximum absolute atomic E-state index is 13.7. The van der Waals surface area contributed by atoms with Gasteiger partial charge in [-0.05, 0) is 18.2 Å². The monoisotopic (exact) mass is 264 g/mol. The lowest BCUT2D eigenvalue weighted by Gasteiger charge is -2.07. The van der Waals surface area contributed by atoms with Gasteiger partial charge in [0.25, 0.3) is 0 Å². The summed E-state index contributed by atoms with van der Waals surface area (Å²) < 4.78 is 27.9. The van der Waals surface area contributed by atoms with Crippen molar-refractivity contribution in [1.82, 2.24) is 4.98 Å². The largest absolute Gasteiger partial charge is 0.343 e. The number of carbonyl (C=O) groups excluding carboxylic acids is 1. The zero-order valence-corrected chi connectivity index (χ0v) is 10.3. The topological polar surface area (TPSA) is 37.1 Å². The molecule has 0 saturated carbocycles. The zero-order valence-electron chi connectivity index (χ0n) is 10.3. The fourth-order valence-electron chi connectivity index (χ4n) is 1.64. The number of halogens is 2. The number of pyridine rings is 2. The molecule has 0 N–H and O–H groups in total. The van der Waals surface area contributed by atoms with Gasteiger partial charge in [-0.15, -0.1) is 0 Å². The van der Waals surface area contributed by atoms with E-state index in [1.54, 1.807) is 24.4 Å². The molecule has 98 valence electrons. The number of aromatic nitrogens is 2. The standard InChI is InChI=1S/C13H12F2N3O/c1-10(19)18(15)13-4-2-3-7-17(13)9-11-5-6-12(14)16-8-11/h2-8H,9H2,1H3/q+1. The fraction of sp³-hybridized carbons (Fsp3) is 0.154. The molecule has 2 heterocycles. The summed E-state index contributed by atoms with van der Waals surface area (Å²) >= 11 is 0. The van der Waals surface area contributed by atoms with E-state index < -0.39 is 11.9 Å². The van der Waals surface area contributed by atoms with Crippen LogP contribution in [0.25, 0.3) is 0 Å². The van der Waals surface area contributed by atoms with Crippen molar-refractivity contribution in [3.05, 3.63) is 54.2 Å². The first-order chi connectivity index (χ1) is 9.08. The van der Waals surface area contributed by atoms with Crippen LogP contribution in [0.4, 0.5) is 14.7 Å². The van der Waals surface area contributed by atoms with Crippen molar-refractivity contribution in [3.8, 4) is 0 Å². The van der Waals surface area contributed by atoms with Crippen molar-refractivity contribution in [2.24, 2.45) is 0 Å². The Morgan fingerprint density at radius 3 is 2.79 bits per heavy atom. The van der Waals surface area contributed by atoms with Gasteiger partial charge in [0, 0.05) is 34.4 Å². The quantitative estimate of drug-likeness (QED) is 0.481. The third-order valence-corrected chi connectivity index (χ3v) is 2.54.